The van der Waals surface area contributed by atoms with Gasteiger partial charge in [-0.25, -0.2) is 4.68 Å². The van der Waals surface area contributed by atoms with Crippen LogP contribution in [0.2, 0.25) is 0 Å². The van der Waals surface area contributed by atoms with Crippen LogP contribution in [-0.4, -0.2) is 57.9 Å². The topological polar surface area (TPSA) is 83.4 Å². The van der Waals surface area contributed by atoms with Gasteiger partial charge in [0.2, 0.25) is 11.8 Å². The molecule has 0 radical (unpaired) electrons. The highest BCUT2D eigenvalue weighted by molar-refractivity contribution is 5.89. The summed E-state index contributed by atoms with van der Waals surface area (Å²) in [4.78, 5) is 27.9. The van der Waals surface area contributed by atoms with Gasteiger partial charge >= 0.3 is 0 Å². The summed E-state index contributed by atoms with van der Waals surface area (Å²) in [5.41, 5.74) is 1.18. The average Bonchev–Trinajstić information content (AvgIpc) is 3.09. The van der Waals surface area contributed by atoms with Gasteiger partial charge in [0.15, 0.2) is 5.82 Å². The van der Waals surface area contributed by atoms with Gasteiger partial charge in [-0.3, -0.25) is 9.59 Å². The third kappa shape index (κ3) is 4.34. The Bertz CT molecular complexity index is 722. The van der Waals surface area contributed by atoms with Crippen LogP contribution in [0.4, 0.5) is 11.5 Å². The lowest BCUT2D eigenvalue weighted by Crippen LogP contribution is -2.49. The van der Waals surface area contributed by atoms with Crippen molar-refractivity contribution in [1.29, 1.82) is 0 Å². The van der Waals surface area contributed by atoms with E-state index in [2.05, 4.69) is 32.7 Å². The number of hydrogen-bond acceptors (Lipinski definition) is 5. The highest BCUT2D eigenvalue weighted by atomic mass is 16.2. The maximum atomic E-state index is 12.4. The predicted molar refractivity (Wildman–Crippen MR) is 94.2 cm³/mol. The van der Waals surface area contributed by atoms with Crippen LogP contribution in [0.5, 0.6) is 0 Å². The van der Waals surface area contributed by atoms with E-state index in [1.807, 2.05) is 23.1 Å². The molecule has 2 heterocycles. The Balaban J connectivity index is 1.50. The van der Waals surface area contributed by atoms with Crippen molar-refractivity contribution < 1.29 is 9.59 Å². The number of amides is 2. The standard InChI is InChI=1S/C17H22N6O2/c1-2-16(24)18-15-12-23(20-19-15)13-17(25)22-10-8-21(9-11-22)14-6-4-3-5-7-14/h3-7,12H,2,8-11,13H2,1H3,(H,18,24). The van der Waals surface area contributed by atoms with Gasteiger partial charge in [0.1, 0.15) is 6.54 Å². The number of carbonyl (C=O) groups is 2. The van der Waals surface area contributed by atoms with Crippen molar-refractivity contribution in [2.75, 3.05) is 36.4 Å². The van der Waals surface area contributed by atoms with Crippen LogP contribution >= 0.6 is 0 Å². The number of nitrogens with zero attached hydrogens (tertiary/aromatic N) is 5. The van der Waals surface area contributed by atoms with E-state index in [9.17, 15) is 9.59 Å². The number of nitrogens with one attached hydrogen (secondary N) is 1. The summed E-state index contributed by atoms with van der Waals surface area (Å²) in [6.45, 7) is 4.87. The molecule has 8 heteroatoms. The zero-order valence-electron chi connectivity index (χ0n) is 14.3. The first-order chi connectivity index (χ1) is 12.2. The lowest BCUT2D eigenvalue weighted by molar-refractivity contribution is -0.132. The first-order valence-corrected chi connectivity index (χ1v) is 8.43. The molecule has 0 atom stereocenters. The van der Waals surface area contributed by atoms with Gasteiger partial charge in [0.25, 0.3) is 0 Å². The van der Waals surface area contributed by atoms with E-state index >= 15 is 0 Å². The number of hydrogen-bond donors (Lipinski definition) is 1. The molecule has 0 spiro atoms. The summed E-state index contributed by atoms with van der Waals surface area (Å²) in [7, 11) is 0. The van der Waals surface area contributed by atoms with E-state index in [1.54, 1.807) is 13.1 Å². The lowest BCUT2D eigenvalue weighted by Gasteiger charge is -2.36. The Labute approximate surface area is 146 Å². The number of anilines is 2. The number of benzene rings is 1. The van der Waals surface area contributed by atoms with Crippen molar-refractivity contribution >= 4 is 23.3 Å². The summed E-state index contributed by atoms with van der Waals surface area (Å²) >= 11 is 0. The first kappa shape index (κ1) is 16.9. The Morgan fingerprint density at radius 1 is 1.12 bits per heavy atom. The molecule has 1 N–H and O–H groups in total. The van der Waals surface area contributed by atoms with Crippen LogP contribution in [0.3, 0.4) is 0 Å². The van der Waals surface area contributed by atoms with E-state index in [1.165, 1.54) is 10.4 Å². The third-order valence-electron chi connectivity index (χ3n) is 4.18. The van der Waals surface area contributed by atoms with E-state index in [0.29, 0.717) is 25.3 Å². The second-order valence-corrected chi connectivity index (χ2v) is 5.91. The third-order valence-corrected chi connectivity index (χ3v) is 4.18. The summed E-state index contributed by atoms with van der Waals surface area (Å²) in [6, 6.07) is 10.2. The minimum atomic E-state index is -0.129. The average molecular weight is 342 g/mol. The molecule has 1 fully saturated rings. The molecular weight excluding hydrogens is 320 g/mol. The molecule has 1 saturated heterocycles. The predicted octanol–water partition coefficient (Wildman–Crippen LogP) is 0.975. The molecule has 1 aliphatic heterocycles. The maximum absolute atomic E-state index is 12.4. The molecule has 8 nitrogen and oxygen atoms in total. The number of aromatic nitrogens is 3. The van der Waals surface area contributed by atoms with Crippen molar-refractivity contribution in [1.82, 2.24) is 19.9 Å². The second-order valence-electron chi connectivity index (χ2n) is 5.91. The van der Waals surface area contributed by atoms with Crippen LogP contribution in [0.25, 0.3) is 0 Å². The van der Waals surface area contributed by atoms with Gasteiger partial charge in [-0.15, -0.1) is 5.10 Å². The number of carbonyl (C=O) groups excluding carboxylic acids is 2. The molecular formula is C17H22N6O2. The first-order valence-electron chi connectivity index (χ1n) is 8.43. The van der Waals surface area contributed by atoms with Gasteiger partial charge < -0.3 is 15.1 Å². The fourth-order valence-electron chi connectivity index (χ4n) is 2.76. The largest absolute Gasteiger partial charge is 0.368 e. The summed E-state index contributed by atoms with van der Waals surface area (Å²) in [5.74, 6) is 0.245. The minimum Gasteiger partial charge on any atom is -0.368 e. The van der Waals surface area contributed by atoms with Crippen LogP contribution in [0.1, 0.15) is 13.3 Å². The Kier molecular flexibility index (Phi) is 5.27. The quantitative estimate of drug-likeness (QED) is 0.876. The van der Waals surface area contributed by atoms with Crippen molar-refractivity contribution in [2.45, 2.75) is 19.9 Å². The molecule has 132 valence electrons. The van der Waals surface area contributed by atoms with Crippen LogP contribution < -0.4 is 10.2 Å². The molecule has 1 aromatic heterocycles. The van der Waals surface area contributed by atoms with E-state index in [0.717, 1.165) is 13.1 Å². The van der Waals surface area contributed by atoms with Gasteiger partial charge in [-0.05, 0) is 12.1 Å². The zero-order chi connectivity index (χ0) is 17.6. The molecule has 3 rings (SSSR count). The molecule has 1 aromatic carbocycles. The SMILES string of the molecule is CCC(=O)Nc1cn(CC(=O)N2CCN(c3ccccc3)CC2)nn1. The summed E-state index contributed by atoms with van der Waals surface area (Å²) in [5, 5.41) is 10.4. The summed E-state index contributed by atoms with van der Waals surface area (Å²) in [6.07, 6.45) is 1.95. The molecule has 1 aliphatic rings. The van der Waals surface area contributed by atoms with Gasteiger partial charge in [0.05, 0.1) is 6.20 Å². The molecule has 0 saturated carbocycles. The highest BCUT2D eigenvalue weighted by Gasteiger charge is 2.21. The van der Waals surface area contributed by atoms with Crippen molar-refractivity contribution in [3.63, 3.8) is 0 Å². The maximum Gasteiger partial charge on any atom is 0.244 e. The highest BCUT2D eigenvalue weighted by Crippen LogP contribution is 2.15. The van der Waals surface area contributed by atoms with Crippen LogP contribution in [0, 0.1) is 0 Å². The van der Waals surface area contributed by atoms with Crippen molar-refractivity contribution in [2.24, 2.45) is 0 Å². The minimum absolute atomic E-state index is 0.00554. The lowest BCUT2D eigenvalue weighted by atomic mass is 10.2. The van der Waals surface area contributed by atoms with Gasteiger partial charge in [0, 0.05) is 38.3 Å². The van der Waals surface area contributed by atoms with Crippen LogP contribution in [-0.2, 0) is 16.1 Å². The molecule has 0 aliphatic carbocycles. The van der Waals surface area contributed by atoms with E-state index in [-0.39, 0.29) is 18.4 Å². The molecule has 0 unspecified atom stereocenters. The fourth-order valence-corrected chi connectivity index (χ4v) is 2.76. The van der Waals surface area contributed by atoms with E-state index < -0.39 is 0 Å². The number of rotatable bonds is 5. The van der Waals surface area contributed by atoms with Crippen molar-refractivity contribution in [3.05, 3.63) is 36.5 Å². The fraction of sp³-hybridized carbons (Fsp3) is 0.412. The Morgan fingerprint density at radius 2 is 1.84 bits per heavy atom. The number of piperazine rings is 1. The Hall–Kier alpha value is -2.90. The molecule has 25 heavy (non-hydrogen) atoms. The summed E-state index contributed by atoms with van der Waals surface area (Å²) < 4.78 is 1.46. The van der Waals surface area contributed by atoms with E-state index in [4.69, 9.17) is 0 Å². The Morgan fingerprint density at radius 3 is 2.52 bits per heavy atom. The monoisotopic (exact) mass is 342 g/mol. The van der Waals surface area contributed by atoms with Crippen molar-refractivity contribution in [3.8, 4) is 0 Å². The second kappa shape index (κ2) is 7.78. The molecule has 2 aromatic rings. The normalized spacial score (nSPS) is 14.4. The molecule has 2 amide bonds. The zero-order valence-corrected chi connectivity index (χ0v) is 14.3. The van der Waals surface area contributed by atoms with Crippen LogP contribution in [0.15, 0.2) is 36.5 Å². The van der Waals surface area contributed by atoms with Gasteiger partial charge in [-0.2, -0.15) is 0 Å². The smallest absolute Gasteiger partial charge is 0.244 e. The van der Waals surface area contributed by atoms with Gasteiger partial charge in [-0.1, -0.05) is 30.3 Å². The molecule has 0 bridgehead atoms. The number of para-hydroxylation sites is 1.